The monoisotopic (exact) mass is 335 g/mol. The number of carbonyl (C=O) groups is 1. The Morgan fingerprint density at radius 2 is 2.24 bits per heavy atom. The van der Waals surface area contributed by atoms with Gasteiger partial charge in [0.25, 0.3) is 5.91 Å². The number of hydrogen-bond donors (Lipinski definition) is 1. The van der Waals surface area contributed by atoms with E-state index in [0.29, 0.717) is 12.2 Å². The van der Waals surface area contributed by atoms with Gasteiger partial charge in [0.2, 0.25) is 0 Å². The van der Waals surface area contributed by atoms with E-state index in [4.69, 9.17) is 0 Å². The molecule has 0 radical (unpaired) electrons. The van der Waals surface area contributed by atoms with Crippen LogP contribution in [0.4, 0.5) is 0 Å². The van der Waals surface area contributed by atoms with Gasteiger partial charge in [-0.3, -0.25) is 9.78 Å². The summed E-state index contributed by atoms with van der Waals surface area (Å²) in [6, 6.07) is 7.70. The van der Waals surface area contributed by atoms with Gasteiger partial charge in [-0.25, -0.2) is 4.98 Å². The van der Waals surface area contributed by atoms with Gasteiger partial charge in [0.05, 0.1) is 6.54 Å². The molecule has 1 atom stereocenters. The standard InChI is InChI=1S/C19H21N5O/c25-19(17-6-2-8-21-17)24-10-3-5-16(14-24)18-22-9-11-23(18)13-15-4-1-7-20-12-15/h1-2,4,6-9,11-12,16,21H,3,5,10,13-14H2/t16-/m1/s1. The highest BCUT2D eigenvalue weighted by Crippen LogP contribution is 2.27. The number of aromatic amines is 1. The summed E-state index contributed by atoms with van der Waals surface area (Å²) in [5.41, 5.74) is 1.80. The fourth-order valence-electron chi connectivity index (χ4n) is 3.51. The molecule has 6 heteroatoms. The van der Waals surface area contributed by atoms with Crippen LogP contribution in [-0.4, -0.2) is 43.4 Å². The predicted octanol–water partition coefficient (Wildman–Crippen LogP) is 2.67. The molecule has 0 bridgehead atoms. The second-order valence-electron chi connectivity index (χ2n) is 6.45. The number of aromatic nitrogens is 4. The summed E-state index contributed by atoms with van der Waals surface area (Å²) in [6.07, 6.45) is 11.4. The SMILES string of the molecule is O=C(c1ccc[nH]1)N1CCC[C@@H](c2nccn2Cc2cccnc2)C1. The van der Waals surface area contributed by atoms with Crippen molar-refractivity contribution in [1.29, 1.82) is 0 Å². The van der Waals surface area contributed by atoms with E-state index >= 15 is 0 Å². The molecule has 0 aliphatic carbocycles. The molecule has 1 saturated heterocycles. The Bertz CT molecular complexity index is 825. The van der Waals surface area contributed by atoms with E-state index in [9.17, 15) is 4.79 Å². The van der Waals surface area contributed by atoms with Crippen LogP contribution in [-0.2, 0) is 6.54 Å². The Hall–Kier alpha value is -2.89. The van der Waals surface area contributed by atoms with Gasteiger partial charge in [0.1, 0.15) is 11.5 Å². The normalized spacial score (nSPS) is 17.6. The van der Waals surface area contributed by atoms with Gasteiger partial charge in [-0.15, -0.1) is 0 Å². The maximum absolute atomic E-state index is 12.6. The van der Waals surface area contributed by atoms with E-state index in [1.54, 1.807) is 12.4 Å². The molecule has 0 unspecified atom stereocenters. The van der Waals surface area contributed by atoms with E-state index in [1.165, 1.54) is 0 Å². The average molecular weight is 335 g/mol. The van der Waals surface area contributed by atoms with Crippen molar-refractivity contribution in [3.8, 4) is 0 Å². The molecule has 3 aromatic rings. The second kappa shape index (κ2) is 6.93. The van der Waals surface area contributed by atoms with Crippen molar-refractivity contribution < 1.29 is 4.79 Å². The molecular formula is C19H21N5O. The smallest absolute Gasteiger partial charge is 0.270 e. The molecule has 4 rings (SSSR count). The quantitative estimate of drug-likeness (QED) is 0.797. The third kappa shape index (κ3) is 3.33. The number of amides is 1. The molecule has 4 heterocycles. The fraction of sp³-hybridized carbons (Fsp3) is 0.316. The van der Waals surface area contributed by atoms with Crippen LogP contribution in [0.2, 0.25) is 0 Å². The summed E-state index contributed by atoms with van der Waals surface area (Å²) in [5, 5.41) is 0. The molecule has 3 aromatic heterocycles. The third-order valence-corrected chi connectivity index (χ3v) is 4.73. The number of nitrogens with one attached hydrogen (secondary N) is 1. The molecule has 0 spiro atoms. The van der Waals surface area contributed by atoms with Gasteiger partial charge in [-0.1, -0.05) is 6.07 Å². The van der Waals surface area contributed by atoms with Gasteiger partial charge < -0.3 is 14.5 Å². The van der Waals surface area contributed by atoms with Gasteiger partial charge in [0, 0.05) is 50.0 Å². The summed E-state index contributed by atoms with van der Waals surface area (Å²) < 4.78 is 2.17. The molecular weight excluding hydrogens is 314 g/mol. The van der Waals surface area contributed by atoms with E-state index < -0.39 is 0 Å². The van der Waals surface area contributed by atoms with Crippen molar-refractivity contribution in [3.05, 3.63) is 72.3 Å². The Kier molecular flexibility index (Phi) is 4.33. The number of nitrogens with zero attached hydrogens (tertiary/aromatic N) is 4. The lowest BCUT2D eigenvalue weighted by Crippen LogP contribution is -2.40. The Morgan fingerprint density at radius 1 is 1.28 bits per heavy atom. The minimum Gasteiger partial charge on any atom is -0.357 e. The van der Waals surface area contributed by atoms with Crippen LogP contribution in [0.25, 0.3) is 0 Å². The van der Waals surface area contributed by atoms with E-state index in [0.717, 1.165) is 37.3 Å². The molecule has 1 amide bonds. The predicted molar refractivity (Wildman–Crippen MR) is 94.2 cm³/mol. The topological polar surface area (TPSA) is 66.8 Å². The highest BCUT2D eigenvalue weighted by molar-refractivity contribution is 5.92. The Labute approximate surface area is 146 Å². The fourth-order valence-corrected chi connectivity index (χ4v) is 3.51. The first-order valence-electron chi connectivity index (χ1n) is 8.64. The Morgan fingerprint density at radius 3 is 3.04 bits per heavy atom. The molecule has 1 aliphatic rings. The van der Waals surface area contributed by atoms with Crippen molar-refractivity contribution >= 4 is 5.91 Å². The molecule has 1 aliphatic heterocycles. The van der Waals surface area contributed by atoms with Crippen molar-refractivity contribution in [1.82, 2.24) is 24.4 Å². The molecule has 128 valence electrons. The van der Waals surface area contributed by atoms with Crippen molar-refractivity contribution in [2.75, 3.05) is 13.1 Å². The lowest BCUT2D eigenvalue weighted by atomic mass is 9.96. The largest absolute Gasteiger partial charge is 0.357 e. The summed E-state index contributed by atoms with van der Waals surface area (Å²) >= 11 is 0. The lowest BCUT2D eigenvalue weighted by molar-refractivity contribution is 0.0698. The average Bonchev–Trinajstić information content (AvgIpc) is 3.34. The molecule has 0 aromatic carbocycles. The molecule has 6 nitrogen and oxygen atoms in total. The number of likely N-dealkylation sites (tertiary alicyclic amines) is 1. The zero-order valence-corrected chi connectivity index (χ0v) is 14.0. The Balaban J connectivity index is 1.50. The number of rotatable bonds is 4. The summed E-state index contributed by atoms with van der Waals surface area (Å²) in [7, 11) is 0. The molecule has 25 heavy (non-hydrogen) atoms. The van der Waals surface area contributed by atoms with E-state index in [2.05, 4.69) is 25.6 Å². The molecule has 1 N–H and O–H groups in total. The van der Waals surface area contributed by atoms with Crippen LogP contribution in [0, 0.1) is 0 Å². The van der Waals surface area contributed by atoms with Crippen LogP contribution < -0.4 is 0 Å². The maximum Gasteiger partial charge on any atom is 0.270 e. The third-order valence-electron chi connectivity index (χ3n) is 4.73. The van der Waals surface area contributed by atoms with Crippen LogP contribution in [0.15, 0.2) is 55.2 Å². The van der Waals surface area contributed by atoms with E-state index in [-0.39, 0.29) is 11.8 Å². The first-order chi connectivity index (χ1) is 12.3. The number of pyridine rings is 1. The zero-order chi connectivity index (χ0) is 17.1. The minimum atomic E-state index is 0.0695. The highest BCUT2D eigenvalue weighted by Gasteiger charge is 2.28. The van der Waals surface area contributed by atoms with Crippen LogP contribution in [0.3, 0.4) is 0 Å². The van der Waals surface area contributed by atoms with Gasteiger partial charge in [-0.05, 0) is 36.6 Å². The van der Waals surface area contributed by atoms with Crippen LogP contribution in [0.5, 0.6) is 0 Å². The summed E-state index contributed by atoms with van der Waals surface area (Å²) in [4.78, 5) is 26.3. The summed E-state index contributed by atoms with van der Waals surface area (Å²) in [5.74, 6) is 1.38. The number of imidazole rings is 1. The number of hydrogen-bond acceptors (Lipinski definition) is 3. The van der Waals surface area contributed by atoms with Crippen molar-refractivity contribution in [2.24, 2.45) is 0 Å². The van der Waals surface area contributed by atoms with Crippen molar-refractivity contribution in [2.45, 2.75) is 25.3 Å². The first-order valence-corrected chi connectivity index (χ1v) is 8.64. The molecule has 0 saturated carbocycles. The zero-order valence-electron chi connectivity index (χ0n) is 14.0. The van der Waals surface area contributed by atoms with Gasteiger partial charge in [0.15, 0.2) is 0 Å². The first kappa shape index (κ1) is 15.6. The summed E-state index contributed by atoms with van der Waals surface area (Å²) in [6.45, 7) is 2.27. The van der Waals surface area contributed by atoms with Crippen molar-refractivity contribution in [3.63, 3.8) is 0 Å². The van der Waals surface area contributed by atoms with Gasteiger partial charge in [-0.2, -0.15) is 0 Å². The minimum absolute atomic E-state index is 0.0695. The number of carbonyl (C=O) groups excluding carboxylic acids is 1. The lowest BCUT2D eigenvalue weighted by Gasteiger charge is -2.32. The van der Waals surface area contributed by atoms with Gasteiger partial charge >= 0.3 is 0 Å². The van der Waals surface area contributed by atoms with E-state index in [1.807, 2.05) is 41.7 Å². The molecule has 1 fully saturated rings. The maximum atomic E-state index is 12.6. The number of H-pyrrole nitrogens is 1. The van der Waals surface area contributed by atoms with Crippen LogP contribution >= 0.6 is 0 Å². The second-order valence-corrected chi connectivity index (χ2v) is 6.45. The highest BCUT2D eigenvalue weighted by atomic mass is 16.2. The number of piperidine rings is 1. The van der Waals surface area contributed by atoms with Crippen LogP contribution in [0.1, 0.15) is 40.6 Å².